The van der Waals surface area contributed by atoms with E-state index < -0.39 is 0 Å². The van der Waals surface area contributed by atoms with Crippen molar-refractivity contribution in [2.45, 2.75) is 19.5 Å². The zero-order valence-electron chi connectivity index (χ0n) is 11.5. The van der Waals surface area contributed by atoms with Crippen LogP contribution in [0.1, 0.15) is 17.1 Å². The van der Waals surface area contributed by atoms with E-state index in [-0.39, 0.29) is 0 Å². The number of thiophene rings is 1. The summed E-state index contributed by atoms with van der Waals surface area (Å²) < 4.78 is 0. The van der Waals surface area contributed by atoms with Crippen molar-refractivity contribution in [2.24, 2.45) is 0 Å². The molecule has 4 heterocycles. The van der Waals surface area contributed by atoms with Crippen LogP contribution in [0.5, 0.6) is 0 Å². The third kappa shape index (κ3) is 2.59. The number of nitrogens with zero attached hydrogens (tertiary/aromatic N) is 4. The monoisotopic (exact) mass is 297 g/mol. The highest BCUT2D eigenvalue weighted by atomic mass is 32.1. The summed E-state index contributed by atoms with van der Waals surface area (Å²) >= 11 is 1.68. The molecule has 0 bridgehead atoms. The molecule has 1 N–H and O–H groups in total. The molecule has 0 saturated heterocycles. The highest BCUT2D eigenvalue weighted by molar-refractivity contribution is 7.13. The first-order valence-electron chi connectivity index (χ1n) is 6.98. The van der Waals surface area contributed by atoms with Gasteiger partial charge in [0.1, 0.15) is 5.82 Å². The van der Waals surface area contributed by atoms with Crippen molar-refractivity contribution >= 4 is 11.3 Å². The number of H-pyrrole nitrogens is 1. The van der Waals surface area contributed by atoms with Gasteiger partial charge in [-0.05, 0) is 23.4 Å². The SMILES string of the molecule is c1csc(-c2ncc3c(n2)CN(Cc2ncc[nH]2)CC3)c1. The minimum absolute atomic E-state index is 0.837. The van der Waals surface area contributed by atoms with Crippen LogP contribution in [0.25, 0.3) is 10.7 Å². The van der Waals surface area contributed by atoms with Crippen molar-refractivity contribution < 1.29 is 0 Å². The van der Waals surface area contributed by atoms with Crippen LogP contribution in [0.3, 0.4) is 0 Å². The number of nitrogens with one attached hydrogen (secondary N) is 1. The van der Waals surface area contributed by atoms with Gasteiger partial charge in [0.2, 0.25) is 0 Å². The number of imidazole rings is 1. The molecule has 0 saturated carbocycles. The van der Waals surface area contributed by atoms with Gasteiger partial charge in [-0.1, -0.05) is 6.07 Å². The first-order valence-corrected chi connectivity index (χ1v) is 7.86. The maximum Gasteiger partial charge on any atom is 0.169 e. The number of aromatic amines is 1. The second kappa shape index (κ2) is 5.38. The molecule has 3 aromatic heterocycles. The van der Waals surface area contributed by atoms with Crippen LogP contribution < -0.4 is 0 Å². The van der Waals surface area contributed by atoms with Gasteiger partial charge in [0.25, 0.3) is 0 Å². The first-order chi connectivity index (χ1) is 10.4. The molecule has 1 aliphatic rings. The quantitative estimate of drug-likeness (QED) is 0.807. The minimum Gasteiger partial charge on any atom is -0.348 e. The normalized spacial score (nSPS) is 15.0. The third-order valence-corrected chi connectivity index (χ3v) is 4.56. The van der Waals surface area contributed by atoms with E-state index in [4.69, 9.17) is 4.98 Å². The standard InChI is InChI=1S/C15H15N5S/c1-2-13(21-7-1)15-18-8-11-3-6-20(9-12(11)19-15)10-14-16-4-5-17-14/h1-2,4-5,7-8H,3,6,9-10H2,(H,16,17). The van der Waals surface area contributed by atoms with E-state index in [1.54, 1.807) is 17.5 Å². The average molecular weight is 297 g/mol. The van der Waals surface area contributed by atoms with E-state index in [1.165, 1.54) is 5.56 Å². The Balaban J connectivity index is 1.57. The highest BCUT2D eigenvalue weighted by Crippen LogP contribution is 2.24. The lowest BCUT2D eigenvalue weighted by Gasteiger charge is -2.27. The third-order valence-electron chi connectivity index (χ3n) is 3.69. The number of hydrogen-bond acceptors (Lipinski definition) is 5. The van der Waals surface area contributed by atoms with Gasteiger partial charge >= 0.3 is 0 Å². The molecular weight excluding hydrogens is 282 g/mol. The lowest BCUT2D eigenvalue weighted by atomic mass is 10.1. The predicted molar refractivity (Wildman–Crippen MR) is 81.8 cm³/mol. The molecule has 0 spiro atoms. The molecule has 0 radical (unpaired) electrons. The minimum atomic E-state index is 0.837. The number of fused-ring (bicyclic) bond motifs is 1. The maximum atomic E-state index is 4.76. The highest BCUT2D eigenvalue weighted by Gasteiger charge is 2.19. The van der Waals surface area contributed by atoms with Gasteiger partial charge in [-0.3, -0.25) is 4.90 Å². The van der Waals surface area contributed by atoms with Crippen molar-refractivity contribution in [3.63, 3.8) is 0 Å². The van der Waals surface area contributed by atoms with Crippen molar-refractivity contribution in [1.82, 2.24) is 24.8 Å². The lowest BCUT2D eigenvalue weighted by Crippen LogP contribution is -2.31. The van der Waals surface area contributed by atoms with Gasteiger partial charge in [-0.25, -0.2) is 15.0 Å². The van der Waals surface area contributed by atoms with E-state index in [0.717, 1.165) is 48.3 Å². The fourth-order valence-corrected chi connectivity index (χ4v) is 3.28. The van der Waals surface area contributed by atoms with Gasteiger partial charge in [-0.15, -0.1) is 11.3 Å². The Labute approximate surface area is 126 Å². The van der Waals surface area contributed by atoms with Gasteiger partial charge in [0, 0.05) is 31.7 Å². The van der Waals surface area contributed by atoms with E-state index >= 15 is 0 Å². The predicted octanol–water partition coefficient (Wildman–Crippen LogP) is 2.49. The molecule has 5 nitrogen and oxygen atoms in total. The summed E-state index contributed by atoms with van der Waals surface area (Å²) in [6, 6.07) is 4.10. The molecule has 1 aliphatic heterocycles. The van der Waals surface area contributed by atoms with Crippen LogP contribution in [0, 0.1) is 0 Å². The van der Waals surface area contributed by atoms with Gasteiger partial charge in [0.15, 0.2) is 5.82 Å². The summed E-state index contributed by atoms with van der Waals surface area (Å²) in [6.45, 7) is 2.72. The molecule has 4 rings (SSSR count). The number of aromatic nitrogens is 4. The molecular formula is C15H15N5S. The summed E-state index contributed by atoms with van der Waals surface area (Å²) in [5, 5.41) is 2.06. The van der Waals surface area contributed by atoms with Gasteiger partial charge in [0.05, 0.1) is 17.1 Å². The molecule has 0 atom stereocenters. The molecule has 0 fully saturated rings. The summed E-state index contributed by atoms with van der Waals surface area (Å²) in [5.74, 6) is 1.84. The van der Waals surface area contributed by atoms with E-state index in [0.29, 0.717) is 0 Å². The van der Waals surface area contributed by atoms with Crippen LogP contribution in [0.4, 0.5) is 0 Å². The number of hydrogen-bond donors (Lipinski definition) is 1. The fraction of sp³-hybridized carbons (Fsp3) is 0.267. The Kier molecular flexibility index (Phi) is 3.25. The van der Waals surface area contributed by atoms with Gasteiger partial charge in [-0.2, -0.15) is 0 Å². The molecule has 0 aliphatic carbocycles. The second-order valence-corrected chi connectivity index (χ2v) is 6.09. The molecule has 106 valence electrons. The zero-order valence-corrected chi connectivity index (χ0v) is 12.3. The van der Waals surface area contributed by atoms with Crippen LogP contribution in [-0.2, 0) is 19.5 Å². The van der Waals surface area contributed by atoms with Crippen molar-refractivity contribution in [3.8, 4) is 10.7 Å². The Hall–Kier alpha value is -2.05. The average Bonchev–Trinajstić information content (AvgIpc) is 3.20. The molecule has 0 unspecified atom stereocenters. The summed E-state index contributed by atoms with van der Waals surface area (Å²) in [6.07, 6.45) is 6.65. The molecule has 3 aromatic rings. The summed E-state index contributed by atoms with van der Waals surface area (Å²) in [7, 11) is 0. The molecule has 21 heavy (non-hydrogen) atoms. The Morgan fingerprint density at radius 2 is 2.33 bits per heavy atom. The summed E-state index contributed by atoms with van der Waals surface area (Å²) in [4.78, 5) is 20.2. The Bertz CT molecular complexity index is 721. The second-order valence-electron chi connectivity index (χ2n) is 5.14. The van der Waals surface area contributed by atoms with Crippen LogP contribution >= 0.6 is 11.3 Å². The lowest BCUT2D eigenvalue weighted by molar-refractivity contribution is 0.236. The smallest absolute Gasteiger partial charge is 0.169 e. The van der Waals surface area contributed by atoms with E-state index in [1.807, 2.05) is 18.5 Å². The Morgan fingerprint density at radius 3 is 3.14 bits per heavy atom. The van der Waals surface area contributed by atoms with Crippen LogP contribution in [-0.4, -0.2) is 31.4 Å². The molecule has 6 heteroatoms. The van der Waals surface area contributed by atoms with Crippen LogP contribution in [0.2, 0.25) is 0 Å². The van der Waals surface area contributed by atoms with E-state index in [9.17, 15) is 0 Å². The zero-order chi connectivity index (χ0) is 14.1. The molecule has 0 amide bonds. The van der Waals surface area contributed by atoms with Crippen molar-refractivity contribution in [3.05, 3.63) is 53.2 Å². The largest absolute Gasteiger partial charge is 0.348 e. The topological polar surface area (TPSA) is 57.7 Å². The summed E-state index contributed by atoms with van der Waals surface area (Å²) in [5.41, 5.74) is 2.41. The fourth-order valence-electron chi connectivity index (χ4n) is 2.61. The first kappa shape index (κ1) is 12.7. The van der Waals surface area contributed by atoms with E-state index in [2.05, 4.69) is 31.3 Å². The van der Waals surface area contributed by atoms with Crippen LogP contribution in [0.15, 0.2) is 36.1 Å². The number of rotatable bonds is 3. The van der Waals surface area contributed by atoms with Crippen molar-refractivity contribution in [2.75, 3.05) is 6.54 Å². The maximum absolute atomic E-state index is 4.76. The van der Waals surface area contributed by atoms with Gasteiger partial charge < -0.3 is 4.98 Å². The molecule has 0 aromatic carbocycles. The Morgan fingerprint density at radius 1 is 1.33 bits per heavy atom. The van der Waals surface area contributed by atoms with Crippen molar-refractivity contribution in [1.29, 1.82) is 0 Å².